The van der Waals surface area contributed by atoms with Gasteiger partial charge in [-0.25, -0.2) is 0 Å². The lowest BCUT2D eigenvalue weighted by molar-refractivity contribution is -0.0337. The molecule has 1 aromatic carbocycles. The van der Waals surface area contributed by atoms with Gasteiger partial charge in [0.05, 0.1) is 12.2 Å². The summed E-state index contributed by atoms with van der Waals surface area (Å²) < 4.78 is 17.1. The third-order valence-corrected chi connectivity index (χ3v) is 4.56. The number of hydrogen-bond donors (Lipinski definition) is 1. The summed E-state index contributed by atoms with van der Waals surface area (Å²) in [6.45, 7) is 4.22. The van der Waals surface area contributed by atoms with Gasteiger partial charge in [-0.05, 0) is 50.5 Å². The van der Waals surface area contributed by atoms with E-state index in [1.807, 2.05) is 18.2 Å². The molecule has 3 nitrogen and oxygen atoms in total. The highest BCUT2D eigenvalue weighted by molar-refractivity contribution is 7.83. The second kappa shape index (κ2) is 6.92. The summed E-state index contributed by atoms with van der Waals surface area (Å²) in [6.07, 6.45) is 4.26. The van der Waals surface area contributed by atoms with Gasteiger partial charge in [0.25, 0.3) is 0 Å². The Morgan fingerprint density at radius 3 is 2.60 bits per heavy atom. The topological polar surface area (TPSA) is 38.3 Å². The second-order valence-corrected chi connectivity index (χ2v) is 7.44. The fourth-order valence-electron chi connectivity index (χ4n) is 2.75. The molecule has 0 saturated carbocycles. The van der Waals surface area contributed by atoms with E-state index in [-0.39, 0.29) is 12.2 Å². The first kappa shape index (κ1) is 15.8. The predicted octanol–water partition coefficient (Wildman–Crippen LogP) is 3.59. The smallest absolute Gasteiger partial charge is 0.0570 e. The first-order valence-corrected chi connectivity index (χ1v) is 9.05. The van der Waals surface area contributed by atoms with Gasteiger partial charge >= 0.3 is 0 Å². The zero-order valence-electron chi connectivity index (χ0n) is 12.2. The Kier molecular flexibility index (Phi) is 5.47. The minimum Gasteiger partial charge on any atom is -0.382 e. The van der Waals surface area contributed by atoms with Crippen LogP contribution in [-0.2, 0) is 21.3 Å². The molecule has 2 rings (SSSR count). The van der Waals surface area contributed by atoms with Crippen molar-refractivity contribution in [2.24, 2.45) is 0 Å². The van der Waals surface area contributed by atoms with Crippen LogP contribution in [0.4, 0.5) is 5.69 Å². The SMILES string of the molecule is C[C@@H]1CC(Nc2ccc(Cl)c(C[S@@](C)=O)c2)C[C@H](C)O1. The van der Waals surface area contributed by atoms with Crippen molar-refractivity contribution in [3.63, 3.8) is 0 Å². The normalized spacial score (nSPS) is 28.1. The Morgan fingerprint density at radius 1 is 1.35 bits per heavy atom. The fraction of sp³-hybridized carbons (Fsp3) is 0.600. The zero-order valence-corrected chi connectivity index (χ0v) is 13.8. The minimum atomic E-state index is -0.885. The first-order chi connectivity index (χ1) is 9.44. The summed E-state index contributed by atoms with van der Waals surface area (Å²) >= 11 is 6.15. The van der Waals surface area contributed by atoms with Crippen LogP contribution in [0.1, 0.15) is 32.3 Å². The van der Waals surface area contributed by atoms with Crippen LogP contribution in [0.5, 0.6) is 0 Å². The maximum Gasteiger partial charge on any atom is 0.0570 e. The lowest BCUT2D eigenvalue weighted by Gasteiger charge is -2.33. The molecule has 5 heteroatoms. The molecule has 0 bridgehead atoms. The van der Waals surface area contributed by atoms with E-state index < -0.39 is 10.8 Å². The molecule has 0 spiro atoms. The van der Waals surface area contributed by atoms with Gasteiger partial charge in [0.2, 0.25) is 0 Å². The molecule has 1 heterocycles. The van der Waals surface area contributed by atoms with E-state index in [0.29, 0.717) is 16.8 Å². The highest BCUT2D eigenvalue weighted by Crippen LogP contribution is 2.26. The Labute approximate surface area is 128 Å². The summed E-state index contributed by atoms with van der Waals surface area (Å²) in [5, 5.41) is 4.23. The fourth-order valence-corrected chi connectivity index (χ4v) is 3.69. The van der Waals surface area contributed by atoms with Crippen molar-refractivity contribution in [3.8, 4) is 0 Å². The lowest BCUT2D eigenvalue weighted by Crippen LogP contribution is -2.36. The van der Waals surface area contributed by atoms with Crippen molar-refractivity contribution >= 4 is 28.1 Å². The first-order valence-electron chi connectivity index (χ1n) is 6.94. The maximum absolute atomic E-state index is 11.4. The van der Waals surface area contributed by atoms with Gasteiger partial charge in [0.15, 0.2) is 0 Å². The van der Waals surface area contributed by atoms with Gasteiger partial charge in [-0.15, -0.1) is 0 Å². The molecular weight excluding hydrogens is 294 g/mol. The molecule has 0 aromatic heterocycles. The average Bonchev–Trinajstić information content (AvgIpc) is 2.31. The molecule has 1 unspecified atom stereocenters. The molecule has 1 aliphatic heterocycles. The van der Waals surface area contributed by atoms with Crippen LogP contribution in [0, 0.1) is 0 Å². The lowest BCUT2D eigenvalue weighted by atomic mass is 9.99. The van der Waals surface area contributed by atoms with Crippen LogP contribution in [0.15, 0.2) is 18.2 Å². The van der Waals surface area contributed by atoms with Crippen LogP contribution < -0.4 is 5.32 Å². The summed E-state index contributed by atoms with van der Waals surface area (Å²) in [5.74, 6) is 0.495. The number of anilines is 1. The van der Waals surface area contributed by atoms with Crippen LogP contribution in [0.25, 0.3) is 0 Å². The Morgan fingerprint density at radius 2 is 2.00 bits per heavy atom. The Bertz CT molecular complexity index is 485. The van der Waals surface area contributed by atoms with Gasteiger partial charge in [-0.3, -0.25) is 4.21 Å². The van der Waals surface area contributed by atoms with Gasteiger partial charge < -0.3 is 10.1 Å². The third-order valence-electron chi connectivity index (χ3n) is 3.47. The van der Waals surface area contributed by atoms with Crippen molar-refractivity contribution in [2.75, 3.05) is 11.6 Å². The summed E-state index contributed by atoms with van der Waals surface area (Å²) in [7, 11) is -0.885. The van der Waals surface area contributed by atoms with E-state index >= 15 is 0 Å². The molecule has 1 aromatic rings. The summed E-state index contributed by atoms with van der Waals surface area (Å²) in [4.78, 5) is 0. The van der Waals surface area contributed by atoms with Crippen LogP contribution in [0.2, 0.25) is 5.02 Å². The highest BCUT2D eigenvalue weighted by atomic mass is 35.5. The molecule has 1 aliphatic rings. The van der Waals surface area contributed by atoms with Crippen molar-refractivity contribution in [1.29, 1.82) is 0 Å². The molecule has 0 aliphatic carbocycles. The molecule has 1 N–H and O–H groups in total. The molecule has 1 saturated heterocycles. The largest absolute Gasteiger partial charge is 0.382 e. The van der Waals surface area contributed by atoms with Gasteiger partial charge in [0.1, 0.15) is 0 Å². The van der Waals surface area contributed by atoms with Crippen molar-refractivity contribution < 1.29 is 8.95 Å². The quantitative estimate of drug-likeness (QED) is 0.923. The second-order valence-electron chi connectivity index (χ2n) is 5.59. The summed E-state index contributed by atoms with van der Waals surface area (Å²) in [6, 6.07) is 6.28. The van der Waals surface area contributed by atoms with Crippen LogP contribution in [-0.4, -0.2) is 28.7 Å². The van der Waals surface area contributed by atoms with E-state index in [1.165, 1.54) is 0 Å². The van der Waals surface area contributed by atoms with E-state index in [0.717, 1.165) is 24.1 Å². The predicted molar refractivity (Wildman–Crippen MR) is 85.9 cm³/mol. The van der Waals surface area contributed by atoms with Gasteiger partial charge in [-0.1, -0.05) is 11.6 Å². The number of benzene rings is 1. The van der Waals surface area contributed by atoms with Crippen molar-refractivity contribution in [3.05, 3.63) is 28.8 Å². The highest BCUT2D eigenvalue weighted by Gasteiger charge is 2.24. The van der Waals surface area contributed by atoms with Crippen LogP contribution >= 0.6 is 11.6 Å². The standard InChI is InChI=1S/C15H22ClNO2S/c1-10-6-14(7-11(2)19-10)17-13-4-5-15(16)12(8-13)9-20(3)18/h4-5,8,10-11,14,17H,6-7,9H2,1-3H3/t10-,11+,14?,20-/m1/s1. The van der Waals surface area contributed by atoms with Gasteiger partial charge in [0, 0.05) is 39.6 Å². The number of nitrogens with one attached hydrogen (secondary N) is 1. The monoisotopic (exact) mass is 315 g/mol. The third kappa shape index (κ3) is 4.47. The van der Waals surface area contributed by atoms with Crippen molar-refractivity contribution in [2.45, 2.75) is 50.7 Å². The van der Waals surface area contributed by atoms with Crippen LogP contribution in [0.3, 0.4) is 0 Å². The average molecular weight is 316 g/mol. The number of ether oxygens (including phenoxy) is 1. The Hall–Kier alpha value is -0.580. The van der Waals surface area contributed by atoms with Crippen molar-refractivity contribution in [1.82, 2.24) is 0 Å². The minimum absolute atomic E-state index is 0.283. The van der Waals surface area contributed by atoms with E-state index in [4.69, 9.17) is 16.3 Å². The Balaban J connectivity index is 2.07. The van der Waals surface area contributed by atoms with Gasteiger partial charge in [-0.2, -0.15) is 0 Å². The van der Waals surface area contributed by atoms with E-state index in [9.17, 15) is 4.21 Å². The van der Waals surface area contributed by atoms with E-state index in [1.54, 1.807) is 6.26 Å². The molecule has 112 valence electrons. The summed E-state index contributed by atoms with van der Waals surface area (Å²) in [5.41, 5.74) is 1.98. The zero-order chi connectivity index (χ0) is 14.7. The molecular formula is C15H22ClNO2S. The maximum atomic E-state index is 11.4. The number of halogens is 1. The number of rotatable bonds is 4. The molecule has 4 atom stereocenters. The molecule has 0 amide bonds. The molecule has 1 fully saturated rings. The number of hydrogen-bond acceptors (Lipinski definition) is 3. The molecule has 0 radical (unpaired) electrons. The van der Waals surface area contributed by atoms with E-state index in [2.05, 4.69) is 19.2 Å². The molecule has 20 heavy (non-hydrogen) atoms.